The van der Waals surface area contributed by atoms with Gasteiger partial charge in [-0.25, -0.2) is 19.4 Å². The quantitative estimate of drug-likeness (QED) is 0.114. The van der Waals surface area contributed by atoms with Crippen molar-refractivity contribution in [1.29, 1.82) is 0 Å². The van der Waals surface area contributed by atoms with Crippen molar-refractivity contribution >= 4 is 24.9 Å². The summed E-state index contributed by atoms with van der Waals surface area (Å²) in [5.74, 6) is -0.209. The molecule has 0 radical (unpaired) electrons. The van der Waals surface area contributed by atoms with Gasteiger partial charge in [0, 0.05) is 18.2 Å². The molecule has 12 N–H and O–H groups in total. The Labute approximate surface area is 228 Å². The van der Waals surface area contributed by atoms with Crippen LogP contribution in [0, 0.1) is 6.92 Å². The molecule has 0 aliphatic carbocycles. The number of aryl methyl sites for hydroxylation is 1. The average Bonchev–Trinajstić information content (AvgIpc) is 3.56. The van der Waals surface area contributed by atoms with Crippen LogP contribution in [0.5, 0.6) is 0 Å². The number of hydrogen-bond acceptors (Lipinski definition) is 14. The van der Waals surface area contributed by atoms with E-state index in [-0.39, 0.29) is 35.2 Å². The second-order valence-electron chi connectivity index (χ2n) is 9.40. The van der Waals surface area contributed by atoms with Crippen LogP contribution in [0.2, 0.25) is 0 Å². The number of nitrogen functional groups attached to an aromatic ring is 1. The van der Waals surface area contributed by atoms with Crippen molar-refractivity contribution in [2.75, 3.05) is 18.9 Å². The Morgan fingerprint density at radius 2 is 1.90 bits per heavy atom. The highest BCUT2D eigenvalue weighted by Gasteiger charge is 2.46. The minimum absolute atomic E-state index is 0. The van der Waals surface area contributed by atoms with Gasteiger partial charge in [-0.1, -0.05) is 0 Å². The summed E-state index contributed by atoms with van der Waals surface area (Å²) in [4.78, 5) is 58.7. The van der Waals surface area contributed by atoms with Crippen molar-refractivity contribution in [3.8, 4) is 0 Å². The zero-order valence-corrected chi connectivity index (χ0v) is 22.4. The van der Waals surface area contributed by atoms with Crippen molar-refractivity contribution in [2.24, 2.45) is 0 Å². The lowest BCUT2D eigenvalue weighted by Gasteiger charge is -2.22. The SMILES string of the molecule is Cc1cn([C@H]2C[C@H](NP(=O)(O)OC[C@H]3O[C@@H](n4cnc5c(=O)[nH]c(N)nc54)[C@H](O)[C@@H]3O)[C@@H](CO)O2)c(=O)[nH]c1=O.N. The number of aliphatic hydroxyl groups is 3. The third-order valence-electron chi connectivity index (χ3n) is 6.68. The van der Waals surface area contributed by atoms with Gasteiger partial charge < -0.3 is 41.6 Å². The summed E-state index contributed by atoms with van der Waals surface area (Å²) in [6, 6.07) is -0.954. The highest BCUT2D eigenvalue weighted by Crippen LogP contribution is 2.42. The first-order chi connectivity index (χ1) is 18.9. The molecule has 1 unspecified atom stereocenters. The number of aromatic amines is 2. The fourth-order valence-corrected chi connectivity index (χ4v) is 5.77. The molecule has 2 aliphatic rings. The molecule has 21 heteroatoms. The van der Waals surface area contributed by atoms with Crippen molar-refractivity contribution in [3.05, 3.63) is 49.3 Å². The van der Waals surface area contributed by atoms with Gasteiger partial charge in [0.1, 0.15) is 24.5 Å². The van der Waals surface area contributed by atoms with Crippen molar-refractivity contribution < 1.29 is 38.8 Å². The number of H-pyrrole nitrogens is 2. The molecule has 3 aromatic heterocycles. The molecule has 41 heavy (non-hydrogen) atoms. The van der Waals surface area contributed by atoms with Crippen LogP contribution < -0.4 is 33.8 Å². The molecule has 0 amide bonds. The molecule has 2 saturated heterocycles. The maximum atomic E-state index is 12.8. The number of nitrogens with one attached hydrogen (secondary N) is 3. The zero-order valence-electron chi connectivity index (χ0n) is 21.5. The molecule has 0 spiro atoms. The van der Waals surface area contributed by atoms with Crippen LogP contribution in [0.1, 0.15) is 24.4 Å². The molecule has 20 nitrogen and oxygen atoms in total. The van der Waals surface area contributed by atoms with Crippen LogP contribution in [0.3, 0.4) is 0 Å². The second kappa shape index (κ2) is 11.5. The molecule has 2 fully saturated rings. The average molecular weight is 603 g/mol. The lowest BCUT2D eigenvalue weighted by atomic mass is 10.1. The number of aliphatic hydroxyl groups excluding tert-OH is 3. The number of anilines is 1. The summed E-state index contributed by atoms with van der Waals surface area (Å²) < 4.78 is 31.5. The van der Waals surface area contributed by atoms with E-state index in [9.17, 15) is 39.2 Å². The highest BCUT2D eigenvalue weighted by atomic mass is 31.2. The second-order valence-corrected chi connectivity index (χ2v) is 11.0. The molecule has 3 aromatic rings. The van der Waals surface area contributed by atoms with Crippen LogP contribution in [0.4, 0.5) is 5.95 Å². The largest absolute Gasteiger partial charge is 0.403 e. The van der Waals surface area contributed by atoms with Gasteiger partial charge in [0.25, 0.3) is 11.1 Å². The number of aromatic nitrogens is 6. The lowest BCUT2D eigenvalue weighted by molar-refractivity contribution is -0.0491. The van der Waals surface area contributed by atoms with E-state index in [1.807, 2.05) is 0 Å². The predicted molar refractivity (Wildman–Crippen MR) is 138 cm³/mol. The molecule has 0 aromatic carbocycles. The fraction of sp³-hybridized carbons (Fsp3) is 0.550. The minimum Gasteiger partial charge on any atom is -0.394 e. The Hall–Kier alpha value is -3.30. The Morgan fingerprint density at radius 1 is 1.17 bits per heavy atom. The normalized spacial score (nSPS) is 29.4. The zero-order chi connectivity index (χ0) is 28.9. The number of ether oxygens (including phenoxy) is 2. The number of imidazole rings is 1. The van der Waals surface area contributed by atoms with Crippen molar-refractivity contribution in [1.82, 2.24) is 40.3 Å². The maximum Gasteiger partial charge on any atom is 0.403 e. The van der Waals surface area contributed by atoms with Crippen molar-refractivity contribution in [2.45, 2.75) is 56.3 Å². The molecule has 0 saturated carbocycles. The molecular formula is C20H30N9O11P. The van der Waals surface area contributed by atoms with Gasteiger partial charge in [-0.2, -0.15) is 4.98 Å². The monoisotopic (exact) mass is 603 g/mol. The molecular weight excluding hydrogens is 573 g/mol. The van der Waals surface area contributed by atoms with E-state index in [2.05, 4.69) is 25.0 Å². The van der Waals surface area contributed by atoms with Crippen LogP contribution in [-0.2, 0) is 18.6 Å². The number of nitrogens with zero attached hydrogens (tertiary/aromatic N) is 4. The van der Waals surface area contributed by atoms with Gasteiger partial charge >= 0.3 is 13.4 Å². The Balaban J connectivity index is 0.00000387. The van der Waals surface area contributed by atoms with Gasteiger partial charge in [-0.15, -0.1) is 0 Å². The first-order valence-corrected chi connectivity index (χ1v) is 13.5. The molecule has 226 valence electrons. The van der Waals surface area contributed by atoms with E-state index in [4.69, 9.17) is 19.7 Å². The smallest absolute Gasteiger partial charge is 0.394 e. The summed E-state index contributed by atoms with van der Waals surface area (Å²) in [6.07, 6.45) is -5.27. The maximum absolute atomic E-state index is 12.8. The number of rotatable bonds is 8. The van der Waals surface area contributed by atoms with Gasteiger partial charge in [-0.05, 0) is 6.92 Å². The van der Waals surface area contributed by atoms with Gasteiger partial charge in [0.2, 0.25) is 5.95 Å². The molecule has 5 rings (SSSR count). The molecule has 0 bridgehead atoms. The van der Waals surface area contributed by atoms with E-state index in [1.165, 1.54) is 17.7 Å². The summed E-state index contributed by atoms with van der Waals surface area (Å²) in [5.41, 5.74) is 3.77. The van der Waals surface area contributed by atoms with Crippen molar-refractivity contribution in [3.63, 3.8) is 0 Å². The van der Waals surface area contributed by atoms with Crippen LogP contribution >= 0.6 is 7.75 Å². The van der Waals surface area contributed by atoms with E-state index in [0.29, 0.717) is 0 Å². The third kappa shape index (κ3) is 5.88. The first-order valence-electron chi connectivity index (χ1n) is 12.0. The van der Waals surface area contributed by atoms with Crippen LogP contribution in [-0.4, -0.2) is 93.0 Å². The molecule has 2 aliphatic heterocycles. The first kappa shape index (κ1) is 30.7. The summed E-state index contributed by atoms with van der Waals surface area (Å²) in [7, 11) is -4.62. The van der Waals surface area contributed by atoms with Gasteiger partial charge in [0.15, 0.2) is 17.4 Å². The topological polar surface area (TPSA) is 317 Å². The van der Waals surface area contributed by atoms with E-state index in [0.717, 1.165) is 10.9 Å². The lowest BCUT2D eigenvalue weighted by Crippen LogP contribution is -2.38. The van der Waals surface area contributed by atoms with Gasteiger partial charge in [-0.3, -0.25) is 33.2 Å². The van der Waals surface area contributed by atoms with Gasteiger partial charge in [0.05, 0.1) is 31.7 Å². The molecule has 8 atom stereocenters. The minimum atomic E-state index is -4.62. The van der Waals surface area contributed by atoms with E-state index in [1.54, 1.807) is 0 Å². The fourth-order valence-electron chi connectivity index (χ4n) is 4.65. The number of hydrogen-bond donors (Lipinski definition) is 9. The summed E-state index contributed by atoms with van der Waals surface area (Å²) in [6.45, 7) is 0.266. The standard InChI is InChI=1S/C20H27N8O11P.H3N/c1-7-3-27(20(34)25-16(7)32)11-2-8(9(4-29)38-11)26-40(35,36)37-5-10-13(30)14(31)18(39-10)28-6-22-12-15(28)23-19(21)24-17(12)33;/h3,6,8-11,13-14,18,29-31H,2,4-5H2,1H3,(H,25,32,34)(H2,26,35,36)(H3,21,23,24,33);1H3/t8-,9+,10+,11+,13+,14+,18+;/m0./s1. The van der Waals surface area contributed by atoms with Crippen LogP contribution in [0.25, 0.3) is 11.2 Å². The van der Waals surface area contributed by atoms with E-state index < -0.39 is 80.7 Å². The summed E-state index contributed by atoms with van der Waals surface area (Å²) in [5, 5.41) is 33.1. The van der Waals surface area contributed by atoms with E-state index >= 15 is 0 Å². The number of fused-ring (bicyclic) bond motifs is 1. The third-order valence-corrected chi connectivity index (χ3v) is 7.83. The Kier molecular flexibility index (Phi) is 8.62. The molecule has 5 heterocycles. The summed E-state index contributed by atoms with van der Waals surface area (Å²) >= 11 is 0. The predicted octanol–water partition coefficient (Wildman–Crippen LogP) is -3.30. The Morgan fingerprint density at radius 3 is 2.61 bits per heavy atom. The highest BCUT2D eigenvalue weighted by molar-refractivity contribution is 7.50. The van der Waals surface area contributed by atoms with Crippen LogP contribution in [0.15, 0.2) is 26.9 Å². The number of nitrogens with two attached hydrogens (primary N) is 1. The Bertz CT molecular complexity index is 1640.